The first-order chi connectivity index (χ1) is 30.2. The van der Waals surface area contributed by atoms with Crippen molar-refractivity contribution < 1.29 is 0 Å². The first-order valence-electron chi connectivity index (χ1n) is 20.8. The molecule has 0 bridgehead atoms. The van der Waals surface area contributed by atoms with Gasteiger partial charge in [0.15, 0.2) is 0 Å². The molecule has 11 rings (SSSR count). The molecule has 0 aliphatic heterocycles. The minimum absolute atomic E-state index is 0.485. The molecule has 1 heterocycles. The van der Waals surface area contributed by atoms with Gasteiger partial charge in [0, 0.05) is 25.7 Å². The minimum Gasteiger partial charge on any atom is -0.383 e. The fraction of sp³-hybridized carbons (Fsp3) is 0.0172. The fourth-order valence-electron chi connectivity index (χ4n) is 9.17. The van der Waals surface area contributed by atoms with Crippen molar-refractivity contribution in [3.8, 4) is 33.4 Å². The molecule has 1 aromatic heterocycles. The maximum Gasteiger partial charge on any atom is 0.131 e. The molecule has 0 unspecified atom stereocenters. The van der Waals surface area contributed by atoms with Gasteiger partial charge in [0.2, 0.25) is 0 Å². The van der Waals surface area contributed by atoms with Gasteiger partial charge in [0.1, 0.15) is 5.84 Å². The van der Waals surface area contributed by atoms with Gasteiger partial charge >= 0.3 is 0 Å². The summed E-state index contributed by atoms with van der Waals surface area (Å²) >= 11 is 1.85. The van der Waals surface area contributed by atoms with Gasteiger partial charge < -0.3 is 5.73 Å². The monoisotopic (exact) mass is 796 g/mol. The van der Waals surface area contributed by atoms with E-state index in [1.165, 1.54) is 85.9 Å². The number of benzene rings is 10. The Morgan fingerprint density at radius 3 is 1.84 bits per heavy atom. The van der Waals surface area contributed by atoms with Crippen molar-refractivity contribution in [2.45, 2.75) is 6.42 Å². The van der Waals surface area contributed by atoms with E-state index in [1.54, 1.807) is 0 Å². The predicted octanol–water partition coefficient (Wildman–Crippen LogP) is 15.5. The number of hydrogen-bond acceptors (Lipinski definition) is 2. The molecule has 2 nitrogen and oxygen atoms in total. The summed E-state index contributed by atoms with van der Waals surface area (Å²) in [6, 6.07) is 76.2. The van der Waals surface area contributed by atoms with Crippen LogP contribution in [0.1, 0.15) is 16.7 Å². The second-order valence-corrected chi connectivity index (χ2v) is 16.6. The van der Waals surface area contributed by atoms with Crippen LogP contribution in [0.3, 0.4) is 0 Å². The van der Waals surface area contributed by atoms with Gasteiger partial charge in [-0.15, -0.1) is 11.3 Å². The molecule has 3 heteroatoms. The number of hydrogen-bond donors (Lipinski definition) is 1. The van der Waals surface area contributed by atoms with E-state index in [4.69, 9.17) is 10.7 Å². The van der Waals surface area contributed by atoms with Crippen LogP contribution in [0, 0.1) is 0 Å². The van der Waals surface area contributed by atoms with Gasteiger partial charge in [-0.1, -0.05) is 206 Å². The zero-order valence-corrected chi connectivity index (χ0v) is 34.2. The highest BCUT2D eigenvalue weighted by Crippen LogP contribution is 2.46. The Labute approximate surface area is 359 Å². The molecule has 288 valence electrons. The summed E-state index contributed by atoms with van der Waals surface area (Å²) in [7, 11) is 0. The molecular weight excluding hydrogens is 757 g/mol. The second kappa shape index (κ2) is 15.5. The van der Waals surface area contributed by atoms with Crippen LogP contribution < -0.4 is 5.73 Å². The van der Waals surface area contributed by atoms with Gasteiger partial charge in [-0.05, 0) is 95.4 Å². The van der Waals surface area contributed by atoms with E-state index in [0.29, 0.717) is 12.3 Å². The minimum atomic E-state index is 0.485. The number of allylic oxidation sites excluding steroid dienone is 1. The number of aliphatic imine (C=N–C) groups is 1. The Morgan fingerprint density at radius 1 is 0.426 bits per heavy atom. The number of fused-ring (bicyclic) bond motifs is 7. The van der Waals surface area contributed by atoms with E-state index in [1.807, 2.05) is 41.7 Å². The molecule has 0 fully saturated rings. The number of amidine groups is 1. The van der Waals surface area contributed by atoms with E-state index >= 15 is 0 Å². The Bertz CT molecular complexity index is 3490. The molecule has 0 atom stereocenters. The molecule has 0 amide bonds. The smallest absolute Gasteiger partial charge is 0.131 e. The predicted molar refractivity (Wildman–Crippen MR) is 263 cm³/mol. The van der Waals surface area contributed by atoms with Gasteiger partial charge in [-0.3, -0.25) is 0 Å². The molecule has 0 radical (unpaired) electrons. The molecule has 0 aliphatic carbocycles. The van der Waals surface area contributed by atoms with Crippen molar-refractivity contribution in [3.05, 3.63) is 235 Å². The highest BCUT2D eigenvalue weighted by atomic mass is 32.1. The average Bonchev–Trinajstić information content (AvgIpc) is 3.72. The first kappa shape index (κ1) is 36.5. The zero-order chi connectivity index (χ0) is 40.7. The maximum atomic E-state index is 6.80. The van der Waals surface area contributed by atoms with Crippen LogP contribution in [0.5, 0.6) is 0 Å². The summed E-state index contributed by atoms with van der Waals surface area (Å²) in [6.45, 7) is 0. The molecular formula is C58H40N2S. The molecule has 10 aromatic carbocycles. The van der Waals surface area contributed by atoms with Crippen molar-refractivity contribution in [2.24, 2.45) is 10.7 Å². The Balaban J connectivity index is 1.07. The second-order valence-electron chi connectivity index (χ2n) is 15.5. The lowest BCUT2D eigenvalue weighted by Gasteiger charge is -2.19. The summed E-state index contributed by atoms with van der Waals surface area (Å²) in [6.07, 6.45) is 2.92. The van der Waals surface area contributed by atoms with Crippen molar-refractivity contribution in [1.82, 2.24) is 0 Å². The van der Waals surface area contributed by atoms with Crippen molar-refractivity contribution in [3.63, 3.8) is 0 Å². The Kier molecular flexibility index (Phi) is 9.30. The topological polar surface area (TPSA) is 38.4 Å². The van der Waals surface area contributed by atoms with Crippen LogP contribution in [0.15, 0.2) is 223 Å². The third-order valence-electron chi connectivity index (χ3n) is 12.0. The largest absolute Gasteiger partial charge is 0.383 e. The van der Waals surface area contributed by atoms with E-state index in [9.17, 15) is 0 Å². The van der Waals surface area contributed by atoms with E-state index < -0.39 is 0 Å². The van der Waals surface area contributed by atoms with Gasteiger partial charge in [0.05, 0.1) is 5.70 Å². The fourth-order valence-corrected chi connectivity index (χ4v) is 10.3. The first-order valence-corrected chi connectivity index (χ1v) is 21.6. The summed E-state index contributed by atoms with van der Waals surface area (Å²) < 4.78 is 2.61. The average molecular weight is 797 g/mol. The highest BCUT2D eigenvalue weighted by molar-refractivity contribution is 7.25. The lowest BCUT2D eigenvalue weighted by atomic mass is 9.84. The molecule has 61 heavy (non-hydrogen) atoms. The van der Waals surface area contributed by atoms with Crippen LogP contribution in [0.4, 0.5) is 0 Å². The van der Waals surface area contributed by atoms with Gasteiger partial charge in [0.25, 0.3) is 0 Å². The van der Waals surface area contributed by atoms with E-state index in [2.05, 4.69) is 188 Å². The number of thiophene rings is 1. The van der Waals surface area contributed by atoms with Crippen molar-refractivity contribution in [2.75, 3.05) is 0 Å². The number of nitrogens with two attached hydrogens (primary N) is 1. The quantitative estimate of drug-likeness (QED) is 0.0707. The number of nitrogens with zero attached hydrogens (tertiary/aromatic N) is 1. The van der Waals surface area contributed by atoms with Crippen LogP contribution in [-0.4, -0.2) is 5.84 Å². The van der Waals surface area contributed by atoms with Gasteiger partial charge in [-0.2, -0.15) is 0 Å². The lowest BCUT2D eigenvalue weighted by Crippen LogP contribution is -2.13. The Hall–Kier alpha value is -7.59. The summed E-state index contributed by atoms with van der Waals surface area (Å²) in [5.41, 5.74) is 18.1. The summed E-state index contributed by atoms with van der Waals surface area (Å²) in [5.74, 6) is 0.485. The van der Waals surface area contributed by atoms with Crippen LogP contribution >= 0.6 is 11.3 Å². The standard InChI is InChI=1S/C58H40N2S/c59-58(43-20-5-2-6-21-43)60-51(37-35-38-16-7-9-22-44(38)46-27-15-29-53-56(46)49-26-13-14-28-52(49)61-53)40-30-32-42(33-31-40)55-48-25-12-11-24-47(48)54(41-18-3-1-4-19-41)50-36-34-39-17-8-10-23-45(39)57(50)55/h1-34,36-37H,35H2,(H2,59,60)/b51-37-. The Morgan fingerprint density at radius 2 is 1.03 bits per heavy atom. The van der Waals surface area contributed by atoms with Crippen molar-refractivity contribution in [1.29, 1.82) is 0 Å². The SMILES string of the molecule is NC(=N/C(=C\Cc1ccccc1-c1cccc2sc3ccccc3c12)c1ccc(-c2c3ccccc3c(-c3ccccc3)c3ccc4ccccc4c23)cc1)c1ccccc1. The molecule has 2 N–H and O–H groups in total. The normalized spacial score (nSPS) is 12.3. The van der Waals surface area contributed by atoms with E-state index in [0.717, 1.165) is 22.4 Å². The lowest BCUT2D eigenvalue weighted by molar-refractivity contribution is 1.26. The number of rotatable bonds is 8. The summed E-state index contributed by atoms with van der Waals surface area (Å²) in [4.78, 5) is 5.16. The molecule has 0 spiro atoms. The third-order valence-corrected chi connectivity index (χ3v) is 13.1. The van der Waals surface area contributed by atoms with Crippen molar-refractivity contribution >= 4 is 75.4 Å². The zero-order valence-electron chi connectivity index (χ0n) is 33.4. The van der Waals surface area contributed by atoms with Crippen LogP contribution in [0.2, 0.25) is 0 Å². The molecule has 0 aliphatic rings. The summed E-state index contributed by atoms with van der Waals surface area (Å²) in [5, 5.41) is 10.0. The van der Waals surface area contributed by atoms with Crippen LogP contribution in [-0.2, 0) is 6.42 Å². The maximum absolute atomic E-state index is 6.80. The molecule has 0 saturated carbocycles. The third kappa shape index (κ3) is 6.57. The van der Waals surface area contributed by atoms with Gasteiger partial charge in [-0.25, -0.2) is 4.99 Å². The van der Waals surface area contributed by atoms with E-state index in [-0.39, 0.29) is 0 Å². The molecule has 0 saturated heterocycles. The molecule has 11 aromatic rings. The van der Waals surface area contributed by atoms with Crippen LogP contribution in [0.25, 0.3) is 91.6 Å². The highest BCUT2D eigenvalue weighted by Gasteiger charge is 2.19.